The molecule has 2 aliphatic heterocycles. The van der Waals surface area contributed by atoms with E-state index in [1.54, 1.807) is 21.3 Å². The number of hydrogen-bond donors (Lipinski definition) is 0. The van der Waals surface area contributed by atoms with E-state index >= 15 is 0 Å². The number of methoxy groups -OCH3 is 3. The molecule has 1 aromatic rings. The van der Waals surface area contributed by atoms with Crippen LogP contribution in [0.5, 0.6) is 17.2 Å². The molecule has 6 nitrogen and oxygen atoms in total. The van der Waals surface area contributed by atoms with Gasteiger partial charge in [-0.25, -0.2) is 0 Å². The van der Waals surface area contributed by atoms with E-state index < -0.39 is 0 Å². The van der Waals surface area contributed by atoms with E-state index in [1.165, 1.54) is 12.8 Å². The van der Waals surface area contributed by atoms with Gasteiger partial charge in [-0.05, 0) is 49.9 Å². The van der Waals surface area contributed by atoms with Gasteiger partial charge in [-0.3, -0.25) is 9.69 Å². The van der Waals surface area contributed by atoms with Gasteiger partial charge in [0, 0.05) is 26.2 Å². The fourth-order valence-corrected chi connectivity index (χ4v) is 4.43. The first-order valence-corrected chi connectivity index (χ1v) is 10.5. The number of carbonyl (C=O) groups is 1. The minimum Gasteiger partial charge on any atom is -0.493 e. The summed E-state index contributed by atoms with van der Waals surface area (Å²) in [6, 6.07) is 4.00. The lowest BCUT2D eigenvalue weighted by molar-refractivity contribution is -0.137. The summed E-state index contributed by atoms with van der Waals surface area (Å²) < 4.78 is 16.4. The second kappa shape index (κ2) is 10.0. The first-order chi connectivity index (χ1) is 13.7. The van der Waals surface area contributed by atoms with Gasteiger partial charge in [0.25, 0.3) is 0 Å². The van der Waals surface area contributed by atoms with Gasteiger partial charge in [0.15, 0.2) is 11.5 Å². The number of rotatable bonds is 6. The van der Waals surface area contributed by atoms with E-state index in [9.17, 15) is 4.79 Å². The number of piperidine rings is 1. The number of benzene rings is 1. The third kappa shape index (κ3) is 4.90. The van der Waals surface area contributed by atoms with Gasteiger partial charge in [0.1, 0.15) is 0 Å². The molecule has 156 valence electrons. The summed E-state index contributed by atoms with van der Waals surface area (Å²) in [5.74, 6) is 2.43. The van der Waals surface area contributed by atoms with Gasteiger partial charge in [0.05, 0.1) is 27.2 Å². The Morgan fingerprint density at radius 3 is 2.14 bits per heavy atom. The minimum atomic E-state index is 0.119. The monoisotopic (exact) mass is 390 g/mol. The Morgan fingerprint density at radius 2 is 1.57 bits per heavy atom. The van der Waals surface area contributed by atoms with Crippen LogP contribution in [0.1, 0.15) is 44.1 Å². The van der Waals surface area contributed by atoms with E-state index in [1.807, 2.05) is 12.1 Å². The summed E-state index contributed by atoms with van der Waals surface area (Å²) in [5.41, 5.74) is 1.11. The topological polar surface area (TPSA) is 51.2 Å². The second-order valence-corrected chi connectivity index (χ2v) is 7.85. The van der Waals surface area contributed by atoms with E-state index in [0.717, 1.165) is 64.0 Å². The van der Waals surface area contributed by atoms with E-state index in [2.05, 4.69) is 9.80 Å². The summed E-state index contributed by atoms with van der Waals surface area (Å²) in [7, 11) is 4.89. The highest BCUT2D eigenvalue weighted by atomic mass is 16.5. The van der Waals surface area contributed by atoms with Crippen molar-refractivity contribution in [2.45, 2.75) is 45.1 Å². The molecule has 0 N–H and O–H groups in total. The van der Waals surface area contributed by atoms with E-state index in [0.29, 0.717) is 23.2 Å². The molecule has 0 unspecified atom stereocenters. The highest BCUT2D eigenvalue weighted by Crippen LogP contribution is 2.38. The minimum absolute atomic E-state index is 0.119. The lowest BCUT2D eigenvalue weighted by Gasteiger charge is -2.35. The van der Waals surface area contributed by atoms with Gasteiger partial charge < -0.3 is 19.1 Å². The predicted molar refractivity (Wildman–Crippen MR) is 109 cm³/mol. The van der Waals surface area contributed by atoms with Gasteiger partial charge in [-0.15, -0.1) is 0 Å². The van der Waals surface area contributed by atoms with E-state index in [-0.39, 0.29) is 5.92 Å². The summed E-state index contributed by atoms with van der Waals surface area (Å²) in [5, 5.41) is 0. The Labute approximate surface area is 168 Å². The van der Waals surface area contributed by atoms with Crippen LogP contribution in [-0.4, -0.2) is 63.2 Å². The molecule has 3 rings (SSSR count). The zero-order chi connectivity index (χ0) is 19.9. The number of nitrogens with zero attached hydrogens (tertiary/aromatic N) is 2. The first kappa shape index (κ1) is 20.8. The second-order valence-electron chi connectivity index (χ2n) is 7.85. The van der Waals surface area contributed by atoms with Crippen LogP contribution in [0.2, 0.25) is 0 Å². The van der Waals surface area contributed by atoms with Crippen molar-refractivity contribution >= 4 is 5.91 Å². The van der Waals surface area contributed by atoms with Crippen LogP contribution in [0, 0.1) is 5.92 Å². The van der Waals surface area contributed by atoms with Crippen molar-refractivity contribution in [3.63, 3.8) is 0 Å². The van der Waals surface area contributed by atoms with Crippen LogP contribution < -0.4 is 14.2 Å². The summed E-state index contributed by atoms with van der Waals surface area (Å²) in [6.45, 7) is 4.48. The highest BCUT2D eigenvalue weighted by Gasteiger charge is 2.29. The molecule has 1 atom stereocenters. The average Bonchev–Trinajstić information content (AvgIpc) is 3.02. The summed E-state index contributed by atoms with van der Waals surface area (Å²) in [6.07, 6.45) is 6.86. The number of hydrogen-bond acceptors (Lipinski definition) is 5. The van der Waals surface area contributed by atoms with Crippen molar-refractivity contribution in [1.29, 1.82) is 0 Å². The molecular formula is C22H34N2O4. The molecule has 0 spiro atoms. The molecule has 0 radical (unpaired) electrons. The Balaban J connectivity index is 1.67. The Kier molecular flexibility index (Phi) is 7.43. The SMILES string of the molecule is COc1cc(CN2CCC[C@H](C(=O)N3CCCCCC3)C2)cc(OC)c1OC. The molecular weight excluding hydrogens is 356 g/mol. The van der Waals surface area contributed by atoms with Crippen LogP contribution in [0.25, 0.3) is 0 Å². The maximum Gasteiger partial charge on any atom is 0.226 e. The Morgan fingerprint density at radius 1 is 0.929 bits per heavy atom. The first-order valence-electron chi connectivity index (χ1n) is 10.5. The molecule has 0 aliphatic carbocycles. The van der Waals surface area contributed by atoms with Crippen LogP contribution in [0.15, 0.2) is 12.1 Å². The van der Waals surface area contributed by atoms with Crippen molar-refractivity contribution in [2.75, 3.05) is 47.5 Å². The van der Waals surface area contributed by atoms with Crippen LogP contribution in [0.4, 0.5) is 0 Å². The van der Waals surface area contributed by atoms with Gasteiger partial charge in [0.2, 0.25) is 11.7 Å². The molecule has 2 aliphatic rings. The normalized spacial score (nSPS) is 21.1. The summed E-state index contributed by atoms with van der Waals surface area (Å²) >= 11 is 0. The fraction of sp³-hybridized carbons (Fsp3) is 0.682. The molecule has 1 amide bonds. The van der Waals surface area contributed by atoms with Crippen LogP contribution >= 0.6 is 0 Å². The maximum atomic E-state index is 13.0. The highest BCUT2D eigenvalue weighted by molar-refractivity contribution is 5.79. The van der Waals surface area contributed by atoms with Crippen molar-refractivity contribution < 1.29 is 19.0 Å². The van der Waals surface area contributed by atoms with Crippen molar-refractivity contribution in [3.8, 4) is 17.2 Å². The average molecular weight is 391 g/mol. The predicted octanol–water partition coefficient (Wildman–Crippen LogP) is 3.33. The van der Waals surface area contributed by atoms with Crippen LogP contribution in [-0.2, 0) is 11.3 Å². The van der Waals surface area contributed by atoms with Crippen molar-refractivity contribution in [1.82, 2.24) is 9.80 Å². The molecule has 0 bridgehead atoms. The summed E-state index contributed by atoms with van der Waals surface area (Å²) in [4.78, 5) is 17.5. The number of likely N-dealkylation sites (tertiary alicyclic amines) is 2. The fourth-order valence-electron chi connectivity index (χ4n) is 4.43. The lowest BCUT2D eigenvalue weighted by atomic mass is 9.95. The molecule has 2 fully saturated rings. The Bertz CT molecular complexity index is 631. The lowest BCUT2D eigenvalue weighted by Crippen LogP contribution is -2.44. The molecule has 0 saturated carbocycles. The molecule has 2 saturated heterocycles. The molecule has 2 heterocycles. The molecule has 1 aromatic carbocycles. The quantitative estimate of drug-likeness (QED) is 0.746. The third-order valence-electron chi connectivity index (χ3n) is 5.90. The molecule has 28 heavy (non-hydrogen) atoms. The van der Waals surface area contributed by atoms with Crippen molar-refractivity contribution in [2.24, 2.45) is 5.92 Å². The zero-order valence-corrected chi connectivity index (χ0v) is 17.5. The van der Waals surface area contributed by atoms with E-state index in [4.69, 9.17) is 14.2 Å². The Hall–Kier alpha value is -1.95. The van der Waals surface area contributed by atoms with Gasteiger partial charge in [-0.1, -0.05) is 12.8 Å². The zero-order valence-electron chi connectivity index (χ0n) is 17.5. The molecule has 0 aromatic heterocycles. The number of carbonyl (C=O) groups excluding carboxylic acids is 1. The maximum absolute atomic E-state index is 13.0. The van der Waals surface area contributed by atoms with Gasteiger partial charge >= 0.3 is 0 Å². The van der Waals surface area contributed by atoms with Crippen molar-refractivity contribution in [3.05, 3.63) is 17.7 Å². The largest absolute Gasteiger partial charge is 0.493 e. The van der Waals surface area contributed by atoms with Gasteiger partial charge in [-0.2, -0.15) is 0 Å². The standard InChI is InChI=1S/C22H34N2O4/c1-26-19-13-17(14-20(27-2)21(19)28-3)15-23-10-8-9-18(16-23)22(25)24-11-6-4-5-7-12-24/h13-14,18H,4-12,15-16H2,1-3H3/t18-/m0/s1. The third-order valence-corrected chi connectivity index (χ3v) is 5.90. The smallest absolute Gasteiger partial charge is 0.226 e. The van der Waals surface area contributed by atoms with Crippen LogP contribution in [0.3, 0.4) is 0 Å². The number of amides is 1. The molecule has 6 heteroatoms. The number of ether oxygens (including phenoxy) is 3.